The molecule has 0 N–H and O–H groups in total. The van der Waals surface area contributed by atoms with E-state index in [2.05, 4.69) is 13.0 Å². The van der Waals surface area contributed by atoms with Gasteiger partial charge < -0.3 is 0 Å². The number of halogens is 2. The molecule has 14 heavy (non-hydrogen) atoms. The quantitative estimate of drug-likeness (QED) is 0.647. The molecule has 0 unspecified atom stereocenters. The van der Waals surface area contributed by atoms with Crippen molar-refractivity contribution in [2.24, 2.45) is 0 Å². The zero-order valence-corrected chi connectivity index (χ0v) is 9.83. The van der Waals surface area contributed by atoms with Gasteiger partial charge in [-0.2, -0.15) is 0 Å². The second-order valence-electron chi connectivity index (χ2n) is 4.39. The van der Waals surface area contributed by atoms with E-state index in [0.717, 1.165) is 10.0 Å². The van der Waals surface area contributed by atoms with E-state index in [0.29, 0.717) is 0 Å². The largest absolute Gasteiger partial charge is 0.0843 e. The predicted molar refractivity (Wildman–Crippen MR) is 62.3 cm³/mol. The molecule has 0 amide bonds. The van der Waals surface area contributed by atoms with Crippen LogP contribution in [0.5, 0.6) is 0 Å². The fraction of sp³-hybridized carbons (Fsp3) is 0.500. The molecule has 0 aromatic heterocycles. The smallest absolute Gasteiger partial charge is 0.0458 e. The Bertz CT molecular complexity index is 338. The zero-order chi connectivity index (χ0) is 10.2. The molecule has 1 aliphatic carbocycles. The molecule has 76 valence electrons. The summed E-state index contributed by atoms with van der Waals surface area (Å²) in [5.74, 6) is 0. The molecule has 0 bridgehead atoms. The maximum Gasteiger partial charge on any atom is 0.0458 e. The second-order valence-corrected chi connectivity index (χ2v) is 5.24. The number of hydrogen-bond donors (Lipinski definition) is 0. The highest BCUT2D eigenvalue weighted by Crippen LogP contribution is 2.43. The zero-order valence-electron chi connectivity index (χ0n) is 8.32. The number of benzene rings is 1. The van der Waals surface area contributed by atoms with Gasteiger partial charge in [0.2, 0.25) is 0 Å². The van der Waals surface area contributed by atoms with E-state index >= 15 is 0 Å². The van der Waals surface area contributed by atoms with Gasteiger partial charge in [0.1, 0.15) is 0 Å². The van der Waals surface area contributed by atoms with Gasteiger partial charge in [-0.05, 0) is 36.0 Å². The Labute approximate surface area is 95.2 Å². The molecule has 2 heteroatoms. The first-order valence-corrected chi connectivity index (χ1v) is 5.83. The molecule has 0 spiro atoms. The van der Waals surface area contributed by atoms with E-state index in [1.165, 1.54) is 31.2 Å². The number of rotatable bonds is 1. The summed E-state index contributed by atoms with van der Waals surface area (Å²) >= 11 is 12.1. The van der Waals surface area contributed by atoms with Crippen molar-refractivity contribution in [3.8, 4) is 0 Å². The molecule has 1 fully saturated rings. The first-order valence-electron chi connectivity index (χ1n) is 5.07. The van der Waals surface area contributed by atoms with Crippen molar-refractivity contribution in [2.45, 2.75) is 38.0 Å². The lowest BCUT2D eigenvalue weighted by molar-refractivity contribution is 0.491. The van der Waals surface area contributed by atoms with Gasteiger partial charge in [-0.25, -0.2) is 0 Å². The Hall–Kier alpha value is -0.200. The minimum Gasteiger partial charge on any atom is -0.0843 e. The van der Waals surface area contributed by atoms with Crippen LogP contribution in [0.15, 0.2) is 18.2 Å². The average molecular weight is 229 g/mol. The lowest BCUT2D eigenvalue weighted by atomic mass is 9.81. The topological polar surface area (TPSA) is 0 Å². The Morgan fingerprint density at radius 1 is 1.14 bits per heavy atom. The van der Waals surface area contributed by atoms with Gasteiger partial charge in [0.25, 0.3) is 0 Å². The Kier molecular flexibility index (Phi) is 2.77. The SMILES string of the molecule is CC1(c2ccc(Cl)cc2Cl)CCCC1. The van der Waals surface area contributed by atoms with Crippen molar-refractivity contribution in [3.05, 3.63) is 33.8 Å². The Morgan fingerprint density at radius 2 is 1.79 bits per heavy atom. The van der Waals surface area contributed by atoms with E-state index in [4.69, 9.17) is 23.2 Å². The van der Waals surface area contributed by atoms with Crippen molar-refractivity contribution in [1.82, 2.24) is 0 Å². The third-order valence-electron chi connectivity index (χ3n) is 3.29. The lowest BCUT2D eigenvalue weighted by Gasteiger charge is -2.25. The van der Waals surface area contributed by atoms with E-state index < -0.39 is 0 Å². The molecule has 0 saturated heterocycles. The van der Waals surface area contributed by atoms with Crippen LogP contribution in [0, 0.1) is 0 Å². The summed E-state index contributed by atoms with van der Waals surface area (Å²) < 4.78 is 0. The fourth-order valence-corrected chi connectivity index (χ4v) is 3.04. The molecule has 1 aromatic rings. The van der Waals surface area contributed by atoms with E-state index in [1.807, 2.05) is 12.1 Å². The van der Waals surface area contributed by atoms with Crippen molar-refractivity contribution in [1.29, 1.82) is 0 Å². The summed E-state index contributed by atoms with van der Waals surface area (Å²) in [6.07, 6.45) is 5.12. The van der Waals surface area contributed by atoms with Crippen LogP contribution in [0.2, 0.25) is 10.0 Å². The summed E-state index contributed by atoms with van der Waals surface area (Å²) in [6.45, 7) is 2.30. The maximum atomic E-state index is 6.21. The summed E-state index contributed by atoms with van der Waals surface area (Å²) in [5, 5.41) is 1.54. The third-order valence-corrected chi connectivity index (χ3v) is 3.84. The molecule has 0 radical (unpaired) electrons. The number of hydrogen-bond acceptors (Lipinski definition) is 0. The predicted octanol–water partition coefficient (Wildman–Crippen LogP) is 4.83. The van der Waals surface area contributed by atoms with E-state index in [1.54, 1.807) is 0 Å². The third kappa shape index (κ3) is 1.78. The van der Waals surface area contributed by atoms with Gasteiger partial charge in [0, 0.05) is 10.0 Å². The van der Waals surface area contributed by atoms with Crippen LogP contribution in [-0.4, -0.2) is 0 Å². The van der Waals surface area contributed by atoms with Crippen LogP contribution >= 0.6 is 23.2 Å². The molecular weight excluding hydrogens is 215 g/mol. The molecule has 1 aliphatic rings. The lowest BCUT2D eigenvalue weighted by Crippen LogP contribution is -2.17. The maximum absolute atomic E-state index is 6.21. The molecule has 0 heterocycles. The standard InChI is InChI=1S/C12H14Cl2/c1-12(6-2-3-7-12)10-5-4-9(13)8-11(10)14/h4-5,8H,2-3,6-7H2,1H3. The van der Waals surface area contributed by atoms with E-state index in [9.17, 15) is 0 Å². The van der Waals surface area contributed by atoms with Crippen molar-refractivity contribution in [3.63, 3.8) is 0 Å². The molecule has 1 saturated carbocycles. The summed E-state index contributed by atoms with van der Waals surface area (Å²) in [7, 11) is 0. The first-order chi connectivity index (χ1) is 6.62. The van der Waals surface area contributed by atoms with Crippen molar-refractivity contribution >= 4 is 23.2 Å². The summed E-state index contributed by atoms with van der Waals surface area (Å²) in [5.41, 5.74) is 1.54. The van der Waals surface area contributed by atoms with Gasteiger partial charge in [0.05, 0.1) is 0 Å². The molecule has 1 aromatic carbocycles. The highest BCUT2D eigenvalue weighted by atomic mass is 35.5. The van der Waals surface area contributed by atoms with Gasteiger partial charge in [-0.15, -0.1) is 0 Å². The van der Waals surface area contributed by atoms with Crippen molar-refractivity contribution < 1.29 is 0 Å². The van der Waals surface area contributed by atoms with Crippen LogP contribution in [0.4, 0.5) is 0 Å². The summed E-state index contributed by atoms with van der Waals surface area (Å²) in [6, 6.07) is 5.87. The van der Waals surface area contributed by atoms with Crippen LogP contribution < -0.4 is 0 Å². The van der Waals surface area contributed by atoms with Gasteiger partial charge in [0.15, 0.2) is 0 Å². The average Bonchev–Trinajstić information content (AvgIpc) is 2.52. The molecule has 0 nitrogen and oxygen atoms in total. The highest BCUT2D eigenvalue weighted by molar-refractivity contribution is 6.35. The molecule has 2 rings (SSSR count). The van der Waals surface area contributed by atoms with Crippen LogP contribution in [0.3, 0.4) is 0 Å². The molecule has 0 aliphatic heterocycles. The van der Waals surface area contributed by atoms with Crippen molar-refractivity contribution in [2.75, 3.05) is 0 Å². The Morgan fingerprint density at radius 3 is 2.36 bits per heavy atom. The second kappa shape index (κ2) is 3.75. The van der Waals surface area contributed by atoms with Gasteiger partial charge >= 0.3 is 0 Å². The van der Waals surface area contributed by atoms with Crippen LogP contribution in [0.1, 0.15) is 38.2 Å². The van der Waals surface area contributed by atoms with Gasteiger partial charge in [-0.1, -0.05) is 49.0 Å². The molecular formula is C12H14Cl2. The van der Waals surface area contributed by atoms with Gasteiger partial charge in [-0.3, -0.25) is 0 Å². The first kappa shape index (κ1) is 10.3. The van der Waals surface area contributed by atoms with Crippen LogP contribution in [0.25, 0.3) is 0 Å². The Balaban J connectivity index is 2.40. The summed E-state index contributed by atoms with van der Waals surface area (Å²) in [4.78, 5) is 0. The normalized spacial score (nSPS) is 19.9. The minimum absolute atomic E-state index is 0.279. The fourth-order valence-electron chi connectivity index (χ4n) is 2.40. The van der Waals surface area contributed by atoms with E-state index in [-0.39, 0.29) is 5.41 Å². The monoisotopic (exact) mass is 228 g/mol. The minimum atomic E-state index is 0.279. The van der Waals surface area contributed by atoms with Crippen LogP contribution in [-0.2, 0) is 5.41 Å². The highest BCUT2D eigenvalue weighted by Gasteiger charge is 2.32. The molecule has 0 atom stereocenters.